The predicted octanol–water partition coefficient (Wildman–Crippen LogP) is 1.63. The number of nitrogens with zero attached hydrogens (tertiary/aromatic N) is 1. The molecule has 0 saturated heterocycles. The number of nitrogens with two attached hydrogens (primary N) is 1. The summed E-state index contributed by atoms with van der Waals surface area (Å²) >= 11 is 0. The van der Waals surface area contributed by atoms with Crippen LogP contribution in [0.3, 0.4) is 0 Å². The molecule has 0 radical (unpaired) electrons. The maximum absolute atomic E-state index is 6.01. The Morgan fingerprint density at radius 1 is 1.11 bits per heavy atom. The maximum atomic E-state index is 6.01. The van der Waals surface area contributed by atoms with E-state index in [0.29, 0.717) is 0 Å². The zero-order valence-corrected chi connectivity index (χ0v) is 12.1. The highest BCUT2D eigenvalue weighted by Crippen LogP contribution is 2.31. The Balaban J connectivity index is 2.19. The quantitative estimate of drug-likeness (QED) is 0.639. The first-order valence-corrected chi connectivity index (χ1v) is 7.23. The number of hydrogen-bond donors (Lipinski definition) is 1. The second-order valence-electron chi connectivity index (χ2n) is 5.37. The smallest absolute Gasteiger partial charge is 0.0593 e. The lowest BCUT2D eigenvalue weighted by Gasteiger charge is -2.44. The fourth-order valence-corrected chi connectivity index (χ4v) is 2.80. The molecule has 0 spiro atoms. The topological polar surface area (TPSA) is 47.7 Å². The summed E-state index contributed by atoms with van der Waals surface area (Å²) in [5, 5.41) is 0. The van der Waals surface area contributed by atoms with Crippen LogP contribution >= 0.6 is 0 Å². The van der Waals surface area contributed by atoms with Crippen molar-refractivity contribution in [2.24, 2.45) is 5.73 Å². The third kappa shape index (κ3) is 4.84. The SMILES string of the molecule is COCCCOCCN(C)C1(CN)CCCCC1. The van der Waals surface area contributed by atoms with E-state index in [-0.39, 0.29) is 5.54 Å². The molecule has 1 rings (SSSR count). The van der Waals surface area contributed by atoms with E-state index in [1.165, 1.54) is 32.1 Å². The third-order valence-corrected chi connectivity index (χ3v) is 4.18. The van der Waals surface area contributed by atoms with Crippen molar-refractivity contribution >= 4 is 0 Å². The first kappa shape index (κ1) is 15.9. The maximum Gasteiger partial charge on any atom is 0.0593 e. The van der Waals surface area contributed by atoms with Crippen molar-refractivity contribution in [1.29, 1.82) is 0 Å². The molecule has 1 aliphatic rings. The summed E-state index contributed by atoms with van der Waals surface area (Å²) in [6, 6.07) is 0. The molecule has 108 valence electrons. The normalized spacial score (nSPS) is 19.3. The second-order valence-corrected chi connectivity index (χ2v) is 5.37. The lowest BCUT2D eigenvalue weighted by Crippen LogP contribution is -2.54. The first-order chi connectivity index (χ1) is 8.75. The fourth-order valence-electron chi connectivity index (χ4n) is 2.80. The standard InChI is InChI=1S/C14H30N2O2/c1-16(9-12-18-11-6-10-17-2)14(13-15)7-4-3-5-8-14/h3-13,15H2,1-2H3. The zero-order chi connectivity index (χ0) is 13.3. The largest absolute Gasteiger partial charge is 0.385 e. The number of hydrogen-bond acceptors (Lipinski definition) is 4. The fraction of sp³-hybridized carbons (Fsp3) is 1.00. The molecule has 0 aliphatic heterocycles. The van der Waals surface area contributed by atoms with Crippen molar-refractivity contribution < 1.29 is 9.47 Å². The van der Waals surface area contributed by atoms with Gasteiger partial charge < -0.3 is 15.2 Å². The molecule has 1 aliphatic carbocycles. The molecule has 4 nitrogen and oxygen atoms in total. The van der Waals surface area contributed by atoms with Gasteiger partial charge in [0.15, 0.2) is 0 Å². The van der Waals surface area contributed by atoms with E-state index in [4.69, 9.17) is 15.2 Å². The molecule has 1 fully saturated rings. The van der Waals surface area contributed by atoms with Crippen LogP contribution in [0.15, 0.2) is 0 Å². The number of likely N-dealkylation sites (N-methyl/N-ethyl adjacent to an activating group) is 1. The Hall–Kier alpha value is -0.160. The van der Waals surface area contributed by atoms with Crippen LogP contribution < -0.4 is 5.73 Å². The summed E-state index contributed by atoms with van der Waals surface area (Å²) in [7, 11) is 3.92. The van der Waals surface area contributed by atoms with Crippen molar-refractivity contribution in [3.05, 3.63) is 0 Å². The van der Waals surface area contributed by atoms with E-state index in [1.54, 1.807) is 7.11 Å². The second kappa shape index (κ2) is 8.86. The van der Waals surface area contributed by atoms with Gasteiger partial charge in [0.25, 0.3) is 0 Å². The van der Waals surface area contributed by atoms with Crippen LogP contribution in [0.25, 0.3) is 0 Å². The molecule has 2 N–H and O–H groups in total. The molecule has 0 atom stereocenters. The van der Waals surface area contributed by atoms with Gasteiger partial charge in [-0.1, -0.05) is 19.3 Å². The van der Waals surface area contributed by atoms with E-state index < -0.39 is 0 Å². The van der Waals surface area contributed by atoms with Crippen LogP contribution in [0.1, 0.15) is 38.5 Å². The molecule has 18 heavy (non-hydrogen) atoms. The Morgan fingerprint density at radius 3 is 2.44 bits per heavy atom. The Morgan fingerprint density at radius 2 is 1.83 bits per heavy atom. The molecule has 4 heteroatoms. The van der Waals surface area contributed by atoms with Crippen LogP contribution in [-0.4, -0.2) is 57.5 Å². The van der Waals surface area contributed by atoms with E-state index in [1.807, 2.05) is 0 Å². The lowest BCUT2D eigenvalue weighted by atomic mass is 9.80. The van der Waals surface area contributed by atoms with Gasteiger partial charge in [-0.3, -0.25) is 4.90 Å². The molecule has 0 bridgehead atoms. The Kier molecular flexibility index (Phi) is 7.82. The van der Waals surface area contributed by atoms with Crippen molar-refractivity contribution in [3.63, 3.8) is 0 Å². The van der Waals surface area contributed by atoms with Gasteiger partial charge in [-0.15, -0.1) is 0 Å². The summed E-state index contributed by atoms with van der Waals surface area (Å²) in [4.78, 5) is 2.42. The summed E-state index contributed by atoms with van der Waals surface area (Å²) < 4.78 is 10.6. The lowest BCUT2D eigenvalue weighted by molar-refractivity contribution is 0.0370. The molecule has 0 amide bonds. The number of rotatable bonds is 9. The van der Waals surface area contributed by atoms with Gasteiger partial charge in [-0.2, -0.15) is 0 Å². The van der Waals surface area contributed by atoms with E-state index in [0.717, 1.165) is 39.3 Å². The van der Waals surface area contributed by atoms with Crippen LogP contribution in [0.5, 0.6) is 0 Å². The van der Waals surface area contributed by atoms with Gasteiger partial charge >= 0.3 is 0 Å². The summed E-state index contributed by atoms with van der Waals surface area (Å²) in [6.07, 6.45) is 7.45. The van der Waals surface area contributed by atoms with Crippen LogP contribution in [0, 0.1) is 0 Å². The van der Waals surface area contributed by atoms with Crippen LogP contribution in [-0.2, 0) is 9.47 Å². The first-order valence-electron chi connectivity index (χ1n) is 7.23. The summed E-state index contributed by atoms with van der Waals surface area (Å²) in [6.45, 7) is 4.11. The van der Waals surface area contributed by atoms with Crippen LogP contribution in [0.4, 0.5) is 0 Å². The van der Waals surface area contributed by atoms with E-state index in [2.05, 4.69) is 11.9 Å². The van der Waals surface area contributed by atoms with Gasteiger partial charge in [0, 0.05) is 39.0 Å². The van der Waals surface area contributed by atoms with Crippen molar-refractivity contribution in [2.75, 3.05) is 47.1 Å². The van der Waals surface area contributed by atoms with Gasteiger partial charge in [0.1, 0.15) is 0 Å². The highest BCUT2D eigenvalue weighted by Gasteiger charge is 2.34. The molecule has 0 unspecified atom stereocenters. The molecular weight excluding hydrogens is 228 g/mol. The van der Waals surface area contributed by atoms with Gasteiger partial charge in [-0.25, -0.2) is 0 Å². The highest BCUT2D eigenvalue weighted by atomic mass is 16.5. The zero-order valence-electron chi connectivity index (χ0n) is 12.1. The third-order valence-electron chi connectivity index (χ3n) is 4.18. The minimum absolute atomic E-state index is 0.230. The average molecular weight is 258 g/mol. The predicted molar refractivity (Wildman–Crippen MR) is 74.8 cm³/mol. The molecule has 0 aromatic rings. The number of methoxy groups -OCH3 is 1. The monoisotopic (exact) mass is 258 g/mol. The average Bonchev–Trinajstić information content (AvgIpc) is 2.43. The number of ether oxygens (including phenoxy) is 2. The van der Waals surface area contributed by atoms with Crippen molar-refractivity contribution in [3.8, 4) is 0 Å². The van der Waals surface area contributed by atoms with E-state index in [9.17, 15) is 0 Å². The van der Waals surface area contributed by atoms with Gasteiger partial charge in [0.2, 0.25) is 0 Å². The summed E-state index contributed by atoms with van der Waals surface area (Å²) in [5.41, 5.74) is 6.24. The van der Waals surface area contributed by atoms with Crippen LogP contribution in [0.2, 0.25) is 0 Å². The highest BCUT2D eigenvalue weighted by molar-refractivity contribution is 4.92. The molecule has 0 heterocycles. The Bertz CT molecular complexity index is 206. The molecule has 1 saturated carbocycles. The molecular formula is C14H30N2O2. The van der Waals surface area contributed by atoms with Gasteiger partial charge in [-0.05, 0) is 26.3 Å². The minimum Gasteiger partial charge on any atom is -0.385 e. The van der Waals surface area contributed by atoms with Gasteiger partial charge in [0.05, 0.1) is 6.61 Å². The van der Waals surface area contributed by atoms with Crippen molar-refractivity contribution in [2.45, 2.75) is 44.1 Å². The van der Waals surface area contributed by atoms with Crippen molar-refractivity contribution in [1.82, 2.24) is 4.90 Å². The van der Waals surface area contributed by atoms with E-state index >= 15 is 0 Å². The summed E-state index contributed by atoms with van der Waals surface area (Å²) in [5.74, 6) is 0. The minimum atomic E-state index is 0.230. The molecule has 0 aromatic carbocycles. The Labute approximate surface area is 112 Å². The molecule has 0 aromatic heterocycles.